The maximum Gasteiger partial charge on any atom is 0.338 e. The average molecular weight is 532 g/mol. The number of ether oxygens (including phenoxy) is 1. The van der Waals surface area contributed by atoms with Gasteiger partial charge in [0.2, 0.25) is 0 Å². The zero-order valence-electron chi connectivity index (χ0n) is 21.1. The average Bonchev–Trinajstić information content (AvgIpc) is 3.12. The van der Waals surface area contributed by atoms with Crippen LogP contribution in [-0.4, -0.2) is 29.8 Å². The first kappa shape index (κ1) is 26.6. The Hall–Kier alpha value is -4.43. The van der Waals surface area contributed by atoms with Gasteiger partial charge in [-0.3, -0.25) is 14.4 Å². The Morgan fingerprint density at radius 2 is 1.42 bits per heavy atom. The lowest BCUT2D eigenvalue weighted by atomic mass is 10.1. The van der Waals surface area contributed by atoms with Crippen molar-refractivity contribution in [3.8, 4) is 0 Å². The molecule has 2 N–H and O–H groups in total. The summed E-state index contributed by atoms with van der Waals surface area (Å²) < 4.78 is 5.15. The second kappa shape index (κ2) is 11.3. The van der Waals surface area contributed by atoms with Crippen LogP contribution in [0.1, 0.15) is 47.1 Å². The number of benzene rings is 3. The fourth-order valence-corrected chi connectivity index (χ4v) is 3.96. The lowest BCUT2D eigenvalue weighted by Gasteiger charge is -2.16. The van der Waals surface area contributed by atoms with E-state index in [2.05, 4.69) is 17.6 Å². The zero-order valence-corrected chi connectivity index (χ0v) is 21.8. The summed E-state index contributed by atoms with van der Waals surface area (Å²) in [6.45, 7) is 5.54. The number of carbonyl (C=O) groups excluding carboxylic acids is 4. The van der Waals surface area contributed by atoms with Crippen LogP contribution >= 0.6 is 11.6 Å². The van der Waals surface area contributed by atoms with Crippen molar-refractivity contribution in [2.24, 2.45) is 0 Å². The molecule has 0 aromatic heterocycles. The summed E-state index contributed by atoms with van der Waals surface area (Å²) in [7, 11) is 0. The van der Waals surface area contributed by atoms with Crippen LogP contribution in [0.3, 0.4) is 0 Å². The summed E-state index contributed by atoms with van der Waals surface area (Å²) in [4.78, 5) is 51.4. The van der Waals surface area contributed by atoms with E-state index in [9.17, 15) is 19.2 Å². The maximum absolute atomic E-state index is 13.1. The molecule has 0 radical (unpaired) electrons. The van der Waals surface area contributed by atoms with E-state index in [-0.39, 0.29) is 28.4 Å². The molecule has 9 heteroatoms. The Labute approximate surface area is 225 Å². The van der Waals surface area contributed by atoms with Crippen molar-refractivity contribution in [1.29, 1.82) is 0 Å². The summed E-state index contributed by atoms with van der Waals surface area (Å²) in [6, 6.07) is 19.9. The molecule has 38 heavy (non-hydrogen) atoms. The summed E-state index contributed by atoms with van der Waals surface area (Å²) in [5.41, 5.74) is 3.21. The molecule has 0 bridgehead atoms. The number of imide groups is 1. The highest BCUT2D eigenvalue weighted by Gasteiger charge is 2.39. The molecular weight excluding hydrogens is 506 g/mol. The van der Waals surface area contributed by atoms with Gasteiger partial charge in [0, 0.05) is 16.9 Å². The number of nitrogens with zero attached hydrogens (tertiary/aromatic N) is 1. The minimum Gasteiger partial charge on any atom is -0.459 e. The summed E-state index contributed by atoms with van der Waals surface area (Å²) in [6.07, 6.45) is 0.637. The second-order valence-electron chi connectivity index (χ2n) is 8.84. The van der Waals surface area contributed by atoms with Gasteiger partial charge in [0.25, 0.3) is 17.7 Å². The van der Waals surface area contributed by atoms with E-state index in [1.54, 1.807) is 38.1 Å². The van der Waals surface area contributed by atoms with Gasteiger partial charge in [0.15, 0.2) is 0 Å². The number of nitrogens with one attached hydrogen (secondary N) is 2. The Kier molecular flexibility index (Phi) is 7.93. The molecule has 3 amide bonds. The molecule has 8 nitrogen and oxygen atoms in total. The van der Waals surface area contributed by atoms with Crippen molar-refractivity contribution >= 4 is 52.4 Å². The third kappa shape index (κ3) is 5.76. The number of esters is 1. The van der Waals surface area contributed by atoms with Crippen molar-refractivity contribution < 1.29 is 23.9 Å². The predicted octanol–water partition coefficient (Wildman–Crippen LogP) is 5.50. The predicted molar refractivity (Wildman–Crippen MR) is 146 cm³/mol. The van der Waals surface area contributed by atoms with Gasteiger partial charge in [-0.15, -0.1) is 0 Å². The first-order chi connectivity index (χ1) is 18.2. The van der Waals surface area contributed by atoms with E-state index in [4.69, 9.17) is 16.3 Å². The molecule has 0 atom stereocenters. The van der Waals surface area contributed by atoms with Gasteiger partial charge in [-0.25, -0.2) is 9.69 Å². The highest BCUT2D eigenvalue weighted by Crippen LogP contribution is 2.30. The molecular formula is C29H26ClN3O5. The Balaban J connectivity index is 1.43. The first-order valence-corrected chi connectivity index (χ1v) is 12.4. The molecule has 3 aromatic carbocycles. The van der Waals surface area contributed by atoms with E-state index in [1.807, 2.05) is 24.3 Å². The number of rotatable bonds is 8. The summed E-state index contributed by atoms with van der Waals surface area (Å²) in [5.74, 6) is -2.12. The molecule has 3 aromatic rings. The number of amides is 3. The molecule has 0 aliphatic carbocycles. The quantitative estimate of drug-likeness (QED) is 0.294. The van der Waals surface area contributed by atoms with Crippen LogP contribution in [-0.2, 0) is 20.7 Å². The van der Waals surface area contributed by atoms with Crippen LogP contribution in [0, 0.1) is 0 Å². The fraction of sp³-hybridized carbons (Fsp3) is 0.172. The molecule has 1 aliphatic rings. The van der Waals surface area contributed by atoms with Crippen LogP contribution in [0.15, 0.2) is 83.5 Å². The highest BCUT2D eigenvalue weighted by molar-refractivity contribution is 6.53. The summed E-state index contributed by atoms with van der Waals surface area (Å²) in [5, 5.41) is 5.45. The van der Waals surface area contributed by atoms with Gasteiger partial charge in [0.05, 0.1) is 17.4 Å². The maximum atomic E-state index is 13.1. The molecule has 0 unspecified atom stereocenters. The Morgan fingerprint density at radius 3 is 2.00 bits per heavy atom. The minimum absolute atomic E-state index is 0.0897. The number of aryl methyl sites for hydroxylation is 1. The molecule has 0 saturated heterocycles. The van der Waals surface area contributed by atoms with Gasteiger partial charge in [-0.05, 0) is 86.5 Å². The first-order valence-electron chi connectivity index (χ1n) is 12.0. The normalized spacial score (nSPS) is 13.2. The highest BCUT2D eigenvalue weighted by atomic mass is 35.5. The van der Waals surface area contributed by atoms with Crippen molar-refractivity contribution in [2.45, 2.75) is 33.3 Å². The van der Waals surface area contributed by atoms with Crippen LogP contribution in [0.2, 0.25) is 0 Å². The van der Waals surface area contributed by atoms with Gasteiger partial charge in [-0.2, -0.15) is 0 Å². The Morgan fingerprint density at radius 1 is 0.842 bits per heavy atom. The van der Waals surface area contributed by atoms with Crippen molar-refractivity contribution in [3.05, 3.63) is 100 Å². The SMILES string of the molecule is CCc1ccc(NC(=O)c2ccc(NC3=C(Cl)C(=O)N(c4ccc(C(=O)OC(C)C)cc4)C3=O)cc2)cc1. The molecule has 1 aliphatic heterocycles. The van der Waals surface area contributed by atoms with Crippen molar-refractivity contribution in [1.82, 2.24) is 0 Å². The minimum atomic E-state index is -0.693. The van der Waals surface area contributed by atoms with Gasteiger partial charge < -0.3 is 15.4 Å². The molecule has 0 fully saturated rings. The van der Waals surface area contributed by atoms with Crippen molar-refractivity contribution in [2.75, 3.05) is 15.5 Å². The number of hydrogen-bond acceptors (Lipinski definition) is 6. The van der Waals surface area contributed by atoms with Crippen molar-refractivity contribution in [3.63, 3.8) is 0 Å². The summed E-state index contributed by atoms with van der Waals surface area (Å²) >= 11 is 6.22. The van der Waals surface area contributed by atoms with E-state index in [0.29, 0.717) is 22.5 Å². The Bertz CT molecular complexity index is 1410. The topological polar surface area (TPSA) is 105 Å². The van der Waals surface area contributed by atoms with E-state index >= 15 is 0 Å². The molecule has 194 valence electrons. The van der Waals surface area contributed by atoms with E-state index < -0.39 is 17.8 Å². The van der Waals surface area contributed by atoms with Crippen LogP contribution in [0.25, 0.3) is 0 Å². The van der Waals surface area contributed by atoms with E-state index in [0.717, 1.165) is 11.3 Å². The lowest BCUT2D eigenvalue weighted by Crippen LogP contribution is -2.32. The van der Waals surface area contributed by atoms with Gasteiger partial charge >= 0.3 is 5.97 Å². The number of halogens is 1. The molecule has 1 heterocycles. The van der Waals surface area contributed by atoms with Gasteiger partial charge in [-0.1, -0.05) is 30.7 Å². The van der Waals surface area contributed by atoms with Crippen LogP contribution in [0.4, 0.5) is 17.1 Å². The smallest absolute Gasteiger partial charge is 0.338 e. The van der Waals surface area contributed by atoms with Crippen LogP contribution < -0.4 is 15.5 Å². The number of anilines is 3. The zero-order chi connectivity index (χ0) is 27.4. The monoisotopic (exact) mass is 531 g/mol. The van der Waals surface area contributed by atoms with Crippen LogP contribution in [0.5, 0.6) is 0 Å². The molecule has 0 spiro atoms. The second-order valence-corrected chi connectivity index (χ2v) is 9.22. The standard InChI is InChI=1S/C29H26ClN3O5/c1-4-18-5-11-22(12-6-18)32-26(34)19-7-13-21(14-8-19)31-25-24(30)27(35)33(28(25)36)23-15-9-20(10-16-23)29(37)38-17(2)3/h5-17,31H,4H2,1-3H3,(H,32,34). The number of carbonyl (C=O) groups is 4. The lowest BCUT2D eigenvalue weighted by molar-refractivity contribution is -0.120. The third-order valence-electron chi connectivity index (χ3n) is 5.77. The largest absolute Gasteiger partial charge is 0.459 e. The van der Waals surface area contributed by atoms with Gasteiger partial charge in [0.1, 0.15) is 10.7 Å². The molecule has 0 saturated carbocycles. The third-order valence-corrected chi connectivity index (χ3v) is 6.12. The van der Waals surface area contributed by atoms with E-state index in [1.165, 1.54) is 29.8 Å². The number of hydrogen-bond donors (Lipinski definition) is 2. The molecule has 4 rings (SSSR count). The fourth-order valence-electron chi connectivity index (χ4n) is 3.75.